The summed E-state index contributed by atoms with van der Waals surface area (Å²) < 4.78 is 14.2. The van der Waals surface area contributed by atoms with Crippen molar-refractivity contribution in [3.8, 4) is 0 Å². The summed E-state index contributed by atoms with van der Waals surface area (Å²) in [5, 5.41) is 11.0. The Morgan fingerprint density at radius 3 is 1.50 bits per heavy atom. The summed E-state index contributed by atoms with van der Waals surface area (Å²) in [6.45, 7) is 13.2. The highest BCUT2D eigenvalue weighted by atomic mass is 19.1. The fraction of sp³-hybridized carbons (Fsp3) is 0.588. The van der Waals surface area contributed by atoms with Crippen LogP contribution in [0.25, 0.3) is 12.2 Å². The highest BCUT2D eigenvalue weighted by Gasteiger charge is 2.17. The molecule has 0 radical (unpaired) electrons. The van der Waals surface area contributed by atoms with Crippen LogP contribution in [0.3, 0.4) is 0 Å². The van der Waals surface area contributed by atoms with Crippen LogP contribution in [0.4, 0.5) is 21.5 Å². The molecule has 40 heavy (non-hydrogen) atoms. The summed E-state index contributed by atoms with van der Waals surface area (Å²) in [7, 11) is 0. The van der Waals surface area contributed by atoms with Crippen molar-refractivity contribution < 1.29 is 9.31 Å². The lowest BCUT2D eigenvalue weighted by molar-refractivity contribution is -0.387. The lowest BCUT2D eigenvalue weighted by atomic mass is 10.1. The summed E-state index contributed by atoms with van der Waals surface area (Å²) in [4.78, 5) is 15.5. The molecule has 0 atom stereocenters. The first-order chi connectivity index (χ1) is 19.4. The van der Waals surface area contributed by atoms with Gasteiger partial charge in [-0.3, -0.25) is 10.1 Å². The van der Waals surface area contributed by atoms with Crippen LogP contribution >= 0.6 is 0 Å². The van der Waals surface area contributed by atoms with E-state index in [0.717, 1.165) is 31.7 Å². The van der Waals surface area contributed by atoms with Crippen LogP contribution in [0.5, 0.6) is 0 Å². The number of unbranched alkanes of at least 4 members (excludes halogenated alkanes) is 8. The van der Waals surface area contributed by atoms with Crippen LogP contribution in [-0.2, 0) is 0 Å². The molecule has 0 saturated heterocycles. The van der Waals surface area contributed by atoms with Crippen molar-refractivity contribution in [3.63, 3.8) is 0 Å². The fourth-order valence-electron chi connectivity index (χ4n) is 5.05. The van der Waals surface area contributed by atoms with Crippen LogP contribution < -0.4 is 9.80 Å². The third-order valence-electron chi connectivity index (χ3n) is 7.44. The van der Waals surface area contributed by atoms with Crippen LogP contribution in [-0.4, -0.2) is 31.1 Å². The van der Waals surface area contributed by atoms with Gasteiger partial charge in [0.25, 0.3) is 0 Å². The minimum Gasteiger partial charge on any atom is -0.370 e. The zero-order chi connectivity index (χ0) is 29.2. The Labute approximate surface area is 242 Å². The normalized spacial score (nSPS) is 11.3. The second kappa shape index (κ2) is 19.2. The highest BCUT2D eigenvalue weighted by molar-refractivity contribution is 5.78. The Kier molecular flexibility index (Phi) is 16.0. The van der Waals surface area contributed by atoms with Gasteiger partial charge in [0.05, 0.1) is 16.3 Å². The van der Waals surface area contributed by atoms with Crippen molar-refractivity contribution in [2.75, 3.05) is 36.0 Å². The number of anilines is 2. The van der Waals surface area contributed by atoms with Crippen molar-refractivity contribution in [1.82, 2.24) is 0 Å². The van der Waals surface area contributed by atoms with Gasteiger partial charge in [-0.2, -0.15) is 4.39 Å². The van der Waals surface area contributed by atoms with E-state index < -0.39 is 16.4 Å². The molecule has 0 bridgehead atoms. The zero-order valence-electron chi connectivity index (χ0n) is 25.5. The molecule has 0 heterocycles. The van der Waals surface area contributed by atoms with Crippen LogP contribution in [0.1, 0.15) is 116 Å². The fourth-order valence-corrected chi connectivity index (χ4v) is 5.05. The van der Waals surface area contributed by atoms with Crippen LogP contribution in [0.2, 0.25) is 0 Å². The summed E-state index contributed by atoms with van der Waals surface area (Å²) >= 11 is 0. The zero-order valence-corrected chi connectivity index (χ0v) is 25.5. The second-order valence-electron chi connectivity index (χ2n) is 10.9. The molecule has 0 aromatic heterocycles. The molecule has 2 aromatic rings. The maximum absolute atomic E-state index is 14.2. The Balaban J connectivity index is 2.48. The van der Waals surface area contributed by atoms with Crippen molar-refractivity contribution >= 4 is 29.2 Å². The van der Waals surface area contributed by atoms with Gasteiger partial charge in [0.15, 0.2) is 0 Å². The Bertz CT molecular complexity index is 1020. The highest BCUT2D eigenvalue weighted by Crippen LogP contribution is 2.33. The maximum Gasteiger partial charge on any atom is 0.304 e. The predicted octanol–water partition coefficient (Wildman–Crippen LogP) is 10.3. The van der Waals surface area contributed by atoms with E-state index in [1.165, 1.54) is 101 Å². The van der Waals surface area contributed by atoms with Crippen LogP contribution in [0, 0.1) is 15.9 Å². The molecule has 0 aliphatic carbocycles. The summed E-state index contributed by atoms with van der Waals surface area (Å²) in [5.41, 5.74) is 3.77. The number of hydrogen-bond acceptors (Lipinski definition) is 4. The molecule has 2 aromatic carbocycles. The van der Waals surface area contributed by atoms with E-state index in [1.807, 2.05) is 12.2 Å². The Hall–Kier alpha value is -2.89. The van der Waals surface area contributed by atoms with E-state index >= 15 is 0 Å². The van der Waals surface area contributed by atoms with Gasteiger partial charge in [0.1, 0.15) is 0 Å². The van der Waals surface area contributed by atoms with Gasteiger partial charge in [-0.05, 0) is 61.1 Å². The minimum atomic E-state index is -0.809. The lowest BCUT2D eigenvalue weighted by Crippen LogP contribution is -2.31. The molecular weight excluding hydrogens is 501 g/mol. The maximum atomic E-state index is 14.2. The molecule has 0 amide bonds. The summed E-state index contributed by atoms with van der Waals surface area (Å²) in [6.07, 6.45) is 18.3. The molecule has 6 heteroatoms. The van der Waals surface area contributed by atoms with E-state index in [4.69, 9.17) is 0 Å². The van der Waals surface area contributed by atoms with Gasteiger partial charge in [-0.1, -0.05) is 97.3 Å². The number of nitro benzene ring substituents is 1. The van der Waals surface area contributed by atoms with Gasteiger partial charge in [0.2, 0.25) is 5.82 Å². The first kappa shape index (κ1) is 33.3. The number of rotatable bonds is 21. The number of hydrogen-bond donors (Lipinski definition) is 0. The first-order valence-electron chi connectivity index (χ1n) is 15.7. The summed E-state index contributed by atoms with van der Waals surface area (Å²) in [5.74, 6) is -0.809. The minimum absolute atomic E-state index is 0.496. The molecule has 0 N–H and O–H groups in total. The molecule has 0 aliphatic heterocycles. The predicted molar refractivity (Wildman–Crippen MR) is 171 cm³/mol. The second-order valence-corrected chi connectivity index (χ2v) is 10.9. The topological polar surface area (TPSA) is 49.6 Å². The van der Waals surface area contributed by atoms with Gasteiger partial charge in [-0.15, -0.1) is 0 Å². The molecule has 0 spiro atoms. The SMILES string of the molecule is CCCCCN(CCCCC)c1ccc(C=Cc2ccc([N+](=O)[O-])c(F)c2)cc1N(CCCCC)CCCCC. The largest absolute Gasteiger partial charge is 0.370 e. The molecule has 5 nitrogen and oxygen atoms in total. The monoisotopic (exact) mass is 553 g/mol. The molecule has 0 fully saturated rings. The van der Waals surface area contributed by atoms with E-state index in [9.17, 15) is 14.5 Å². The Morgan fingerprint density at radius 2 is 1.07 bits per heavy atom. The standard InChI is InChI=1S/C34H52FN3O2/c1-5-9-13-23-36(24-14-10-6-2)33-22-20-30(18-17-29-19-21-32(38(39)40)31(35)27-29)28-34(33)37(25-15-11-7-3)26-16-12-8-4/h17-22,27-28H,5-16,23-26H2,1-4H3. The number of benzene rings is 2. The van der Waals surface area contributed by atoms with Gasteiger partial charge in [0, 0.05) is 32.2 Å². The molecule has 0 saturated carbocycles. The first-order valence-corrected chi connectivity index (χ1v) is 15.7. The average molecular weight is 554 g/mol. The smallest absolute Gasteiger partial charge is 0.304 e. The third-order valence-corrected chi connectivity index (χ3v) is 7.44. The lowest BCUT2D eigenvalue weighted by Gasteiger charge is -2.33. The van der Waals surface area contributed by atoms with E-state index in [-0.39, 0.29) is 0 Å². The quantitative estimate of drug-likeness (QED) is 0.0668. The molecule has 2 rings (SSSR count). The Morgan fingerprint density at radius 1 is 0.650 bits per heavy atom. The molecule has 0 aliphatic rings. The molecule has 222 valence electrons. The number of halogens is 1. The molecule has 0 unspecified atom stereocenters. The van der Waals surface area contributed by atoms with Gasteiger partial charge < -0.3 is 9.80 Å². The van der Waals surface area contributed by atoms with Gasteiger partial charge in [-0.25, -0.2) is 0 Å². The average Bonchev–Trinajstić information content (AvgIpc) is 2.94. The van der Waals surface area contributed by atoms with E-state index in [2.05, 4.69) is 55.7 Å². The van der Waals surface area contributed by atoms with Crippen molar-refractivity contribution in [2.45, 2.75) is 105 Å². The molecular formula is C34H52FN3O2. The van der Waals surface area contributed by atoms with Gasteiger partial charge >= 0.3 is 5.69 Å². The van der Waals surface area contributed by atoms with Crippen molar-refractivity contribution in [2.24, 2.45) is 0 Å². The van der Waals surface area contributed by atoms with Crippen molar-refractivity contribution in [3.05, 3.63) is 63.5 Å². The van der Waals surface area contributed by atoms with Crippen molar-refractivity contribution in [1.29, 1.82) is 0 Å². The summed E-state index contributed by atoms with van der Waals surface area (Å²) in [6, 6.07) is 10.8. The third kappa shape index (κ3) is 11.3. The van der Waals surface area contributed by atoms with E-state index in [1.54, 1.807) is 6.07 Å². The van der Waals surface area contributed by atoms with E-state index in [0.29, 0.717) is 5.56 Å². The van der Waals surface area contributed by atoms with Crippen LogP contribution in [0.15, 0.2) is 36.4 Å². The number of nitro groups is 1. The number of nitrogens with zero attached hydrogens (tertiary/aromatic N) is 3.